The minimum Gasteiger partial charge on any atom is -0.387 e. The molecule has 2 fully saturated rings. The minimum atomic E-state index is -1.21. The number of rotatable bonds is 1. The maximum Gasteiger partial charge on any atom is 0.184 e. The molecule has 1 aliphatic carbocycles. The second kappa shape index (κ2) is 2.42. The van der Waals surface area contributed by atoms with Crippen molar-refractivity contribution in [3.63, 3.8) is 0 Å². The summed E-state index contributed by atoms with van der Waals surface area (Å²) in [5, 5.41) is 27.9. The van der Waals surface area contributed by atoms with Gasteiger partial charge in [0, 0.05) is 0 Å². The van der Waals surface area contributed by atoms with Crippen LogP contribution in [0.4, 0.5) is 0 Å². The summed E-state index contributed by atoms with van der Waals surface area (Å²) in [5.74, 6) is 0.291. The molecule has 4 nitrogen and oxygen atoms in total. The zero-order valence-corrected chi connectivity index (χ0v) is 6.97. The highest BCUT2D eigenvalue weighted by Crippen LogP contribution is 2.56. The zero-order valence-electron chi connectivity index (χ0n) is 6.97. The fourth-order valence-electron chi connectivity index (χ4n) is 2.13. The lowest BCUT2D eigenvalue weighted by Crippen LogP contribution is -2.34. The first kappa shape index (κ1) is 8.44. The van der Waals surface area contributed by atoms with E-state index in [9.17, 15) is 10.2 Å². The van der Waals surface area contributed by atoms with Crippen molar-refractivity contribution in [2.24, 2.45) is 5.92 Å². The van der Waals surface area contributed by atoms with Gasteiger partial charge in [-0.15, -0.1) is 0 Å². The molecule has 3 N–H and O–H groups in total. The van der Waals surface area contributed by atoms with Gasteiger partial charge in [0.05, 0.1) is 0 Å². The molecule has 1 aliphatic heterocycles. The van der Waals surface area contributed by atoms with E-state index < -0.39 is 24.1 Å². The van der Waals surface area contributed by atoms with Crippen LogP contribution >= 0.6 is 0 Å². The van der Waals surface area contributed by atoms with E-state index >= 15 is 0 Å². The predicted octanol–water partition coefficient (Wildman–Crippen LogP) is -0.774. The van der Waals surface area contributed by atoms with Gasteiger partial charge in [-0.1, -0.05) is 13.3 Å². The molecule has 1 saturated carbocycles. The van der Waals surface area contributed by atoms with Crippen molar-refractivity contribution in [2.75, 3.05) is 0 Å². The molecule has 0 amide bonds. The van der Waals surface area contributed by atoms with Crippen LogP contribution in [0, 0.1) is 5.92 Å². The van der Waals surface area contributed by atoms with Crippen molar-refractivity contribution in [3.8, 4) is 0 Å². The van der Waals surface area contributed by atoms with Gasteiger partial charge in [-0.2, -0.15) is 0 Å². The van der Waals surface area contributed by atoms with E-state index in [2.05, 4.69) is 0 Å². The van der Waals surface area contributed by atoms with Crippen molar-refractivity contribution in [1.29, 1.82) is 0 Å². The lowest BCUT2D eigenvalue weighted by molar-refractivity contribution is -0.136. The molecular weight excluding hydrogens is 160 g/mol. The lowest BCUT2D eigenvalue weighted by atomic mass is 10.1. The summed E-state index contributed by atoms with van der Waals surface area (Å²) in [6, 6.07) is 0. The molecule has 4 heteroatoms. The molecule has 12 heavy (non-hydrogen) atoms. The summed E-state index contributed by atoms with van der Waals surface area (Å²) in [6.07, 6.45) is -1.61. The Kier molecular flexibility index (Phi) is 1.70. The zero-order chi connectivity index (χ0) is 8.93. The van der Waals surface area contributed by atoms with Crippen molar-refractivity contribution < 1.29 is 20.1 Å². The number of hydrogen-bond donors (Lipinski definition) is 3. The SMILES string of the molecule is CC[C@@H]1C[C@]12OC(O)[C@@H](O)C2O. The van der Waals surface area contributed by atoms with Crippen LogP contribution in [0.25, 0.3) is 0 Å². The van der Waals surface area contributed by atoms with Crippen LogP contribution in [0.5, 0.6) is 0 Å². The minimum absolute atomic E-state index is 0.291. The van der Waals surface area contributed by atoms with Crippen molar-refractivity contribution >= 4 is 0 Å². The van der Waals surface area contributed by atoms with Gasteiger partial charge < -0.3 is 20.1 Å². The number of hydrogen-bond acceptors (Lipinski definition) is 4. The molecule has 0 aromatic rings. The maximum atomic E-state index is 9.52. The first-order valence-electron chi connectivity index (χ1n) is 4.34. The fraction of sp³-hybridized carbons (Fsp3) is 1.00. The van der Waals surface area contributed by atoms with Crippen molar-refractivity contribution in [2.45, 2.75) is 43.9 Å². The Morgan fingerprint density at radius 1 is 1.42 bits per heavy atom. The van der Waals surface area contributed by atoms with Crippen molar-refractivity contribution in [3.05, 3.63) is 0 Å². The summed E-state index contributed by atoms with van der Waals surface area (Å²) < 4.78 is 5.14. The molecule has 2 rings (SSSR count). The van der Waals surface area contributed by atoms with E-state index in [0.29, 0.717) is 5.92 Å². The highest BCUT2D eigenvalue weighted by Gasteiger charge is 2.67. The molecule has 70 valence electrons. The fourth-order valence-corrected chi connectivity index (χ4v) is 2.13. The molecule has 2 aliphatic rings. The Labute approximate surface area is 70.8 Å². The van der Waals surface area contributed by atoms with Gasteiger partial charge in [0.2, 0.25) is 0 Å². The lowest BCUT2D eigenvalue weighted by Gasteiger charge is -2.13. The standard InChI is InChI=1S/C8H14O4/c1-2-4-3-8(4)6(10)5(9)7(11)12-8/h4-7,9-11H,2-3H2,1H3/t4-,5+,6?,7?,8+/m1/s1. The molecular formula is C8H14O4. The second-order valence-corrected chi connectivity index (χ2v) is 3.71. The Morgan fingerprint density at radius 3 is 2.42 bits per heavy atom. The molecule has 2 unspecified atom stereocenters. The Morgan fingerprint density at radius 2 is 2.08 bits per heavy atom. The second-order valence-electron chi connectivity index (χ2n) is 3.71. The molecule has 0 aromatic heterocycles. The molecule has 0 bridgehead atoms. The van der Waals surface area contributed by atoms with Gasteiger partial charge in [-0.3, -0.25) is 0 Å². The van der Waals surface area contributed by atoms with Gasteiger partial charge >= 0.3 is 0 Å². The molecule has 5 atom stereocenters. The van der Waals surface area contributed by atoms with E-state index in [1.54, 1.807) is 0 Å². The average molecular weight is 174 g/mol. The summed E-state index contributed by atoms with van der Waals surface area (Å²) in [5.41, 5.74) is -0.631. The molecule has 1 heterocycles. The van der Waals surface area contributed by atoms with E-state index in [0.717, 1.165) is 12.8 Å². The largest absolute Gasteiger partial charge is 0.387 e. The summed E-state index contributed by atoms with van der Waals surface area (Å²) in [6.45, 7) is 2.01. The monoisotopic (exact) mass is 174 g/mol. The van der Waals surface area contributed by atoms with Crippen LogP contribution in [0.2, 0.25) is 0 Å². The summed E-state index contributed by atoms with van der Waals surface area (Å²) in [7, 11) is 0. The van der Waals surface area contributed by atoms with E-state index in [-0.39, 0.29) is 0 Å². The third kappa shape index (κ3) is 0.864. The van der Waals surface area contributed by atoms with Crippen LogP contribution < -0.4 is 0 Å². The Balaban J connectivity index is 2.11. The smallest absolute Gasteiger partial charge is 0.184 e. The van der Waals surface area contributed by atoms with Gasteiger partial charge in [-0.25, -0.2) is 0 Å². The quantitative estimate of drug-likeness (QED) is 0.488. The van der Waals surface area contributed by atoms with Gasteiger partial charge in [0.1, 0.15) is 17.8 Å². The average Bonchev–Trinajstić information content (AvgIpc) is 2.72. The molecule has 1 saturated heterocycles. The molecule has 0 radical (unpaired) electrons. The van der Waals surface area contributed by atoms with Crippen molar-refractivity contribution in [1.82, 2.24) is 0 Å². The first-order valence-corrected chi connectivity index (χ1v) is 4.34. The topological polar surface area (TPSA) is 69.9 Å². The third-order valence-electron chi connectivity index (χ3n) is 3.05. The summed E-state index contributed by atoms with van der Waals surface area (Å²) >= 11 is 0. The number of aliphatic hydroxyl groups excluding tert-OH is 3. The van der Waals surface area contributed by atoms with Crippen LogP contribution in [0.15, 0.2) is 0 Å². The van der Waals surface area contributed by atoms with Gasteiger partial charge in [-0.05, 0) is 12.3 Å². The number of ether oxygens (including phenoxy) is 1. The number of aliphatic hydroxyl groups is 3. The Bertz CT molecular complexity index is 195. The van der Waals surface area contributed by atoms with Crippen LogP contribution in [0.1, 0.15) is 19.8 Å². The van der Waals surface area contributed by atoms with Crippen LogP contribution in [-0.4, -0.2) is 39.4 Å². The maximum absolute atomic E-state index is 9.52. The summed E-state index contributed by atoms with van der Waals surface area (Å²) in [4.78, 5) is 0. The first-order chi connectivity index (χ1) is 5.62. The molecule has 0 aromatic carbocycles. The van der Waals surface area contributed by atoms with E-state index in [1.165, 1.54) is 0 Å². The van der Waals surface area contributed by atoms with E-state index in [4.69, 9.17) is 9.84 Å². The Hall–Kier alpha value is -0.160. The molecule has 1 spiro atoms. The predicted molar refractivity (Wildman–Crippen MR) is 40.2 cm³/mol. The van der Waals surface area contributed by atoms with Crippen LogP contribution in [0.3, 0.4) is 0 Å². The van der Waals surface area contributed by atoms with Gasteiger partial charge in [0.15, 0.2) is 6.29 Å². The van der Waals surface area contributed by atoms with Crippen LogP contribution in [-0.2, 0) is 4.74 Å². The highest BCUT2D eigenvalue weighted by molar-refractivity contribution is 5.15. The van der Waals surface area contributed by atoms with Gasteiger partial charge in [0.25, 0.3) is 0 Å². The third-order valence-corrected chi connectivity index (χ3v) is 3.05. The normalized spacial score (nSPS) is 58.0. The highest BCUT2D eigenvalue weighted by atomic mass is 16.7. The van der Waals surface area contributed by atoms with E-state index in [1.807, 2.05) is 6.92 Å².